The number of piperidine rings is 1. The summed E-state index contributed by atoms with van der Waals surface area (Å²) in [5.74, 6) is 1.07. The number of methoxy groups -OCH3 is 1. The van der Waals surface area contributed by atoms with E-state index < -0.39 is 0 Å². The highest BCUT2D eigenvalue weighted by molar-refractivity contribution is 6.36. The molecule has 0 atom stereocenters. The number of hydrogen-bond donors (Lipinski definition) is 0. The van der Waals surface area contributed by atoms with E-state index >= 15 is 0 Å². The number of carbonyl (C=O) groups excluding carboxylic acids is 2. The van der Waals surface area contributed by atoms with Crippen LogP contribution in [-0.2, 0) is 9.59 Å². The van der Waals surface area contributed by atoms with Crippen LogP contribution in [0.2, 0.25) is 0 Å². The van der Waals surface area contributed by atoms with E-state index in [0.29, 0.717) is 22.9 Å². The Morgan fingerprint density at radius 3 is 2.21 bits per heavy atom. The van der Waals surface area contributed by atoms with Crippen molar-refractivity contribution >= 4 is 17.4 Å². The number of likely N-dealkylation sites (tertiary alicyclic amines) is 1. The van der Waals surface area contributed by atoms with Gasteiger partial charge in [-0.25, -0.2) is 0 Å². The van der Waals surface area contributed by atoms with Gasteiger partial charge < -0.3 is 9.64 Å². The molecule has 29 heavy (non-hydrogen) atoms. The SMILES string of the molecule is COc1ccccc1C1=C(N2CCC(C)CC2)C(=O)N(C2CCCCCC2)C1=O. The molecule has 0 spiro atoms. The Bertz CT molecular complexity index is 800. The molecule has 0 aromatic heterocycles. The van der Waals surface area contributed by atoms with Gasteiger partial charge in [-0.1, -0.05) is 50.8 Å². The Kier molecular flexibility index (Phi) is 5.93. The zero-order valence-corrected chi connectivity index (χ0v) is 17.7. The minimum atomic E-state index is -0.139. The van der Waals surface area contributed by atoms with E-state index in [0.717, 1.165) is 57.2 Å². The molecular weight excluding hydrogens is 364 g/mol. The molecule has 156 valence electrons. The van der Waals surface area contributed by atoms with Crippen molar-refractivity contribution in [3.05, 3.63) is 35.5 Å². The van der Waals surface area contributed by atoms with Crippen molar-refractivity contribution in [2.75, 3.05) is 20.2 Å². The summed E-state index contributed by atoms with van der Waals surface area (Å²) < 4.78 is 5.56. The number of benzene rings is 1. The van der Waals surface area contributed by atoms with Crippen LogP contribution in [0.5, 0.6) is 5.75 Å². The van der Waals surface area contributed by atoms with Crippen LogP contribution in [-0.4, -0.2) is 47.9 Å². The Hall–Kier alpha value is -2.30. The van der Waals surface area contributed by atoms with Gasteiger partial charge in [-0.3, -0.25) is 14.5 Å². The van der Waals surface area contributed by atoms with Gasteiger partial charge >= 0.3 is 0 Å². The van der Waals surface area contributed by atoms with Gasteiger partial charge in [0.1, 0.15) is 11.4 Å². The van der Waals surface area contributed by atoms with Gasteiger partial charge in [-0.2, -0.15) is 0 Å². The third-order valence-corrected chi connectivity index (χ3v) is 6.76. The second-order valence-corrected chi connectivity index (χ2v) is 8.72. The number of amides is 2. The van der Waals surface area contributed by atoms with Crippen molar-refractivity contribution < 1.29 is 14.3 Å². The monoisotopic (exact) mass is 396 g/mol. The lowest BCUT2D eigenvalue weighted by molar-refractivity contribution is -0.140. The lowest BCUT2D eigenvalue weighted by Gasteiger charge is -2.33. The summed E-state index contributed by atoms with van der Waals surface area (Å²) in [6, 6.07) is 7.60. The molecule has 0 bridgehead atoms. The van der Waals surface area contributed by atoms with Gasteiger partial charge in [0.25, 0.3) is 11.8 Å². The maximum atomic E-state index is 13.7. The van der Waals surface area contributed by atoms with Crippen molar-refractivity contribution in [2.24, 2.45) is 5.92 Å². The minimum absolute atomic E-state index is 0.0171. The molecule has 5 heteroatoms. The summed E-state index contributed by atoms with van der Waals surface area (Å²) in [6.45, 7) is 3.91. The van der Waals surface area contributed by atoms with Crippen LogP contribution in [0.4, 0.5) is 0 Å². The second-order valence-electron chi connectivity index (χ2n) is 8.72. The van der Waals surface area contributed by atoms with E-state index in [1.54, 1.807) is 12.0 Å². The molecule has 1 saturated carbocycles. The highest BCUT2D eigenvalue weighted by Crippen LogP contribution is 2.39. The largest absolute Gasteiger partial charge is 0.496 e. The first-order valence-electron chi connectivity index (χ1n) is 11.1. The molecule has 1 aromatic carbocycles. The van der Waals surface area contributed by atoms with Crippen molar-refractivity contribution in [3.63, 3.8) is 0 Å². The van der Waals surface area contributed by atoms with Crippen molar-refractivity contribution in [2.45, 2.75) is 64.3 Å². The number of para-hydroxylation sites is 1. The summed E-state index contributed by atoms with van der Waals surface area (Å²) in [6.07, 6.45) is 8.49. The van der Waals surface area contributed by atoms with E-state index in [2.05, 4.69) is 11.8 Å². The fourth-order valence-corrected chi connectivity index (χ4v) is 5.00. The molecule has 2 amide bonds. The lowest BCUT2D eigenvalue weighted by Crippen LogP contribution is -2.43. The van der Waals surface area contributed by atoms with Crippen LogP contribution >= 0.6 is 0 Å². The van der Waals surface area contributed by atoms with Crippen LogP contribution in [0.25, 0.3) is 5.57 Å². The standard InChI is InChI=1S/C24H32N2O3/c1-17-13-15-25(16-14-17)22-21(19-11-7-8-12-20(19)29-2)23(27)26(24(22)28)18-9-5-3-4-6-10-18/h7-8,11-12,17-18H,3-6,9-10,13-16H2,1-2H3. The maximum absolute atomic E-state index is 13.7. The first kappa shape index (κ1) is 20.0. The molecule has 1 aliphatic carbocycles. The number of hydrogen-bond acceptors (Lipinski definition) is 4. The Morgan fingerprint density at radius 2 is 1.55 bits per heavy atom. The molecule has 2 aliphatic heterocycles. The van der Waals surface area contributed by atoms with E-state index in [-0.39, 0.29) is 17.9 Å². The van der Waals surface area contributed by atoms with Gasteiger partial charge in [0.15, 0.2) is 0 Å². The zero-order valence-electron chi connectivity index (χ0n) is 17.7. The minimum Gasteiger partial charge on any atom is -0.496 e. The highest BCUT2D eigenvalue weighted by Gasteiger charge is 2.45. The van der Waals surface area contributed by atoms with Gasteiger partial charge in [-0.05, 0) is 37.7 Å². The van der Waals surface area contributed by atoms with Crippen LogP contribution in [0.3, 0.4) is 0 Å². The zero-order chi connectivity index (χ0) is 20.4. The lowest BCUT2D eigenvalue weighted by atomic mass is 9.97. The van der Waals surface area contributed by atoms with E-state index in [1.165, 1.54) is 12.8 Å². The van der Waals surface area contributed by atoms with E-state index in [4.69, 9.17) is 4.74 Å². The number of imide groups is 1. The van der Waals surface area contributed by atoms with Gasteiger partial charge in [0.05, 0.1) is 12.7 Å². The molecule has 4 rings (SSSR count). The summed E-state index contributed by atoms with van der Waals surface area (Å²) in [7, 11) is 1.62. The van der Waals surface area contributed by atoms with Gasteiger partial charge in [-0.15, -0.1) is 0 Å². The summed E-state index contributed by atoms with van der Waals surface area (Å²) in [5.41, 5.74) is 1.86. The average molecular weight is 397 g/mol. The van der Waals surface area contributed by atoms with Crippen LogP contribution in [0.1, 0.15) is 63.9 Å². The number of carbonyl (C=O) groups is 2. The number of nitrogens with zero attached hydrogens (tertiary/aromatic N) is 2. The molecule has 0 unspecified atom stereocenters. The summed E-state index contributed by atoms with van der Waals surface area (Å²) in [4.78, 5) is 31.1. The molecule has 2 heterocycles. The Morgan fingerprint density at radius 1 is 0.897 bits per heavy atom. The molecular formula is C24H32N2O3. The predicted molar refractivity (Wildman–Crippen MR) is 113 cm³/mol. The molecule has 1 saturated heterocycles. The summed E-state index contributed by atoms with van der Waals surface area (Å²) >= 11 is 0. The topological polar surface area (TPSA) is 49.9 Å². The first-order valence-corrected chi connectivity index (χ1v) is 11.1. The smallest absolute Gasteiger partial charge is 0.278 e. The first-order chi connectivity index (χ1) is 14.1. The second kappa shape index (κ2) is 8.60. The molecule has 1 aromatic rings. The van der Waals surface area contributed by atoms with Gasteiger partial charge in [0, 0.05) is 24.7 Å². The quantitative estimate of drug-likeness (QED) is 0.565. The van der Waals surface area contributed by atoms with Crippen molar-refractivity contribution in [1.82, 2.24) is 9.80 Å². The predicted octanol–water partition coefficient (Wildman–Crippen LogP) is 4.23. The fourth-order valence-electron chi connectivity index (χ4n) is 5.00. The van der Waals surface area contributed by atoms with E-state index in [1.807, 2.05) is 24.3 Å². The average Bonchev–Trinajstić information content (AvgIpc) is 2.90. The molecule has 2 fully saturated rings. The third kappa shape index (κ3) is 3.79. The molecule has 5 nitrogen and oxygen atoms in total. The van der Waals surface area contributed by atoms with Crippen molar-refractivity contribution in [3.8, 4) is 5.75 Å². The van der Waals surface area contributed by atoms with Crippen LogP contribution < -0.4 is 4.74 Å². The van der Waals surface area contributed by atoms with Crippen LogP contribution in [0, 0.1) is 5.92 Å². The highest BCUT2D eigenvalue weighted by atomic mass is 16.5. The Balaban J connectivity index is 1.76. The third-order valence-electron chi connectivity index (χ3n) is 6.76. The Labute approximate surface area is 173 Å². The fraction of sp³-hybridized carbons (Fsp3) is 0.583. The van der Waals surface area contributed by atoms with Crippen molar-refractivity contribution in [1.29, 1.82) is 0 Å². The van der Waals surface area contributed by atoms with E-state index in [9.17, 15) is 9.59 Å². The number of rotatable bonds is 4. The normalized spacial score (nSPS) is 22.4. The maximum Gasteiger partial charge on any atom is 0.278 e. The van der Waals surface area contributed by atoms with Gasteiger partial charge in [0.2, 0.25) is 0 Å². The molecule has 3 aliphatic rings. The van der Waals surface area contributed by atoms with Crippen LogP contribution in [0.15, 0.2) is 30.0 Å². The molecule has 0 radical (unpaired) electrons. The molecule has 0 N–H and O–H groups in total. The summed E-state index contributed by atoms with van der Waals surface area (Å²) in [5, 5.41) is 0. The number of ether oxygens (including phenoxy) is 1.